The number of anilines is 2. The Labute approximate surface area is 189 Å². The van der Waals surface area contributed by atoms with Crippen LogP contribution in [0.4, 0.5) is 24.5 Å². The number of hydrogen-bond donors (Lipinski definition) is 2. The lowest BCUT2D eigenvalue weighted by Crippen LogP contribution is -2.19. The molecule has 3 rings (SSSR count). The second kappa shape index (κ2) is 8.89. The third-order valence-corrected chi connectivity index (χ3v) is 6.17. The van der Waals surface area contributed by atoms with E-state index >= 15 is 0 Å². The quantitative estimate of drug-likeness (QED) is 0.412. The van der Waals surface area contributed by atoms with Gasteiger partial charge >= 0.3 is 6.18 Å². The van der Waals surface area contributed by atoms with Crippen LogP contribution >= 0.6 is 27.5 Å². The molecule has 0 aliphatic heterocycles. The van der Waals surface area contributed by atoms with Crippen LogP contribution in [0.25, 0.3) is 0 Å². The van der Waals surface area contributed by atoms with Gasteiger partial charge in [-0.25, -0.2) is 8.42 Å². The Bertz CT molecular complexity index is 1230. The van der Waals surface area contributed by atoms with Crippen molar-refractivity contribution in [3.05, 3.63) is 87.4 Å². The zero-order valence-corrected chi connectivity index (χ0v) is 18.5. The Morgan fingerprint density at radius 1 is 0.968 bits per heavy atom. The highest BCUT2D eigenvalue weighted by molar-refractivity contribution is 9.10. The average Bonchev–Trinajstić information content (AvgIpc) is 2.69. The van der Waals surface area contributed by atoms with Crippen molar-refractivity contribution in [1.82, 2.24) is 0 Å². The Hall–Kier alpha value is -2.56. The van der Waals surface area contributed by atoms with Crippen molar-refractivity contribution in [1.29, 1.82) is 0 Å². The predicted molar refractivity (Wildman–Crippen MR) is 116 cm³/mol. The minimum Gasteiger partial charge on any atom is -0.322 e. The first-order chi connectivity index (χ1) is 14.5. The van der Waals surface area contributed by atoms with E-state index in [9.17, 15) is 26.4 Å². The first kappa shape index (κ1) is 23.1. The van der Waals surface area contributed by atoms with E-state index in [-0.39, 0.29) is 21.8 Å². The summed E-state index contributed by atoms with van der Waals surface area (Å²) in [6.07, 6.45) is -4.57. The summed E-state index contributed by atoms with van der Waals surface area (Å²) in [4.78, 5) is 12.7. The Kier molecular flexibility index (Phi) is 6.63. The Morgan fingerprint density at radius 2 is 1.65 bits per heavy atom. The van der Waals surface area contributed by atoms with E-state index in [4.69, 9.17) is 11.6 Å². The molecule has 1 amide bonds. The molecule has 2 N–H and O–H groups in total. The molecular weight excluding hydrogens is 521 g/mol. The van der Waals surface area contributed by atoms with Gasteiger partial charge in [0, 0.05) is 15.2 Å². The molecule has 0 atom stereocenters. The SMILES string of the molecule is O=C(Nc1cccc(C(F)(F)F)c1)c1cc(Br)ccc1NS(=O)(=O)c1ccc(Cl)cc1. The first-order valence-corrected chi connectivity index (χ1v) is 11.2. The number of nitrogens with one attached hydrogen (secondary N) is 2. The molecule has 162 valence electrons. The number of halogens is 5. The molecule has 31 heavy (non-hydrogen) atoms. The molecule has 5 nitrogen and oxygen atoms in total. The van der Waals surface area contributed by atoms with Crippen LogP contribution in [0.15, 0.2) is 76.1 Å². The first-order valence-electron chi connectivity index (χ1n) is 8.52. The smallest absolute Gasteiger partial charge is 0.322 e. The van der Waals surface area contributed by atoms with Crippen LogP contribution < -0.4 is 10.0 Å². The normalized spacial score (nSPS) is 11.8. The number of benzene rings is 3. The van der Waals surface area contributed by atoms with Gasteiger partial charge in [0.1, 0.15) is 0 Å². The van der Waals surface area contributed by atoms with Crippen molar-refractivity contribution in [3.63, 3.8) is 0 Å². The highest BCUT2D eigenvalue weighted by Gasteiger charge is 2.30. The lowest BCUT2D eigenvalue weighted by molar-refractivity contribution is -0.137. The monoisotopic (exact) mass is 532 g/mol. The average molecular weight is 534 g/mol. The number of sulfonamides is 1. The third-order valence-electron chi connectivity index (χ3n) is 4.04. The van der Waals surface area contributed by atoms with Crippen LogP contribution in [-0.2, 0) is 16.2 Å². The largest absolute Gasteiger partial charge is 0.416 e. The van der Waals surface area contributed by atoms with Crippen molar-refractivity contribution < 1.29 is 26.4 Å². The fraction of sp³-hybridized carbons (Fsp3) is 0.0500. The molecule has 0 heterocycles. The van der Waals surface area contributed by atoms with Gasteiger partial charge in [-0.1, -0.05) is 33.6 Å². The maximum atomic E-state index is 12.9. The van der Waals surface area contributed by atoms with Gasteiger partial charge < -0.3 is 5.32 Å². The molecule has 0 unspecified atom stereocenters. The van der Waals surface area contributed by atoms with E-state index in [2.05, 4.69) is 26.0 Å². The van der Waals surface area contributed by atoms with E-state index in [1.807, 2.05) is 0 Å². The summed E-state index contributed by atoms with van der Waals surface area (Å²) in [5, 5.41) is 2.71. The van der Waals surface area contributed by atoms with Gasteiger partial charge in [-0.2, -0.15) is 13.2 Å². The van der Waals surface area contributed by atoms with Gasteiger partial charge in [0.25, 0.3) is 15.9 Å². The minimum absolute atomic E-state index is 0.0531. The van der Waals surface area contributed by atoms with Crippen molar-refractivity contribution in [2.24, 2.45) is 0 Å². The van der Waals surface area contributed by atoms with E-state index in [0.29, 0.717) is 9.50 Å². The number of carbonyl (C=O) groups excluding carboxylic acids is 1. The third kappa shape index (κ3) is 5.78. The standard InChI is InChI=1S/C20H13BrClF3N2O3S/c21-13-4-9-18(27-31(29,30)16-7-5-14(22)6-8-16)17(11-13)19(28)26-15-3-1-2-12(10-15)20(23,24)25/h1-11,27H,(H,26,28). The summed E-state index contributed by atoms with van der Waals surface area (Å²) in [5.41, 5.74) is -1.17. The van der Waals surface area contributed by atoms with Gasteiger partial charge in [-0.3, -0.25) is 9.52 Å². The number of alkyl halides is 3. The number of amides is 1. The van der Waals surface area contributed by atoms with Crippen molar-refractivity contribution in [3.8, 4) is 0 Å². The van der Waals surface area contributed by atoms with Crippen LogP contribution in [0.2, 0.25) is 5.02 Å². The molecule has 3 aromatic rings. The molecule has 0 fully saturated rings. The molecule has 0 radical (unpaired) electrons. The van der Waals surface area contributed by atoms with E-state index < -0.39 is 27.7 Å². The van der Waals surface area contributed by atoms with Crippen molar-refractivity contribution in [2.45, 2.75) is 11.1 Å². The van der Waals surface area contributed by atoms with Crippen LogP contribution in [0.5, 0.6) is 0 Å². The zero-order chi connectivity index (χ0) is 22.8. The fourth-order valence-corrected chi connectivity index (χ4v) is 4.15. The molecular formula is C20H13BrClF3N2O3S. The summed E-state index contributed by atoms with van der Waals surface area (Å²) in [7, 11) is -4.05. The van der Waals surface area contributed by atoms with Gasteiger partial charge in [0.05, 0.1) is 21.7 Å². The summed E-state index contributed by atoms with van der Waals surface area (Å²) >= 11 is 8.98. The molecule has 0 saturated carbocycles. The molecule has 0 aliphatic rings. The number of carbonyl (C=O) groups is 1. The van der Waals surface area contributed by atoms with Gasteiger partial charge in [0.15, 0.2) is 0 Å². The zero-order valence-electron chi connectivity index (χ0n) is 15.4. The van der Waals surface area contributed by atoms with Gasteiger partial charge in [0.2, 0.25) is 0 Å². The van der Waals surface area contributed by atoms with Crippen molar-refractivity contribution in [2.75, 3.05) is 10.0 Å². The molecule has 3 aromatic carbocycles. The molecule has 0 aliphatic carbocycles. The number of hydrogen-bond acceptors (Lipinski definition) is 3. The fourth-order valence-electron chi connectivity index (χ4n) is 2.58. The molecule has 0 saturated heterocycles. The summed E-state index contributed by atoms with van der Waals surface area (Å²) in [5.74, 6) is -0.797. The Morgan fingerprint density at radius 3 is 2.29 bits per heavy atom. The second-order valence-electron chi connectivity index (χ2n) is 6.28. The Balaban J connectivity index is 1.91. The maximum Gasteiger partial charge on any atom is 0.416 e. The summed E-state index contributed by atoms with van der Waals surface area (Å²) in [6.45, 7) is 0. The summed E-state index contributed by atoms with van der Waals surface area (Å²) in [6, 6.07) is 13.7. The van der Waals surface area contributed by atoms with Crippen LogP contribution in [0.1, 0.15) is 15.9 Å². The highest BCUT2D eigenvalue weighted by Crippen LogP contribution is 2.31. The van der Waals surface area contributed by atoms with Crippen molar-refractivity contribution >= 4 is 54.8 Å². The lowest BCUT2D eigenvalue weighted by atomic mass is 10.1. The van der Waals surface area contributed by atoms with E-state index in [1.165, 1.54) is 48.5 Å². The second-order valence-corrected chi connectivity index (χ2v) is 9.32. The molecule has 0 aromatic heterocycles. The molecule has 0 spiro atoms. The van der Waals surface area contributed by atoms with Gasteiger partial charge in [-0.05, 0) is 60.7 Å². The lowest BCUT2D eigenvalue weighted by Gasteiger charge is -2.14. The maximum absolute atomic E-state index is 12.9. The van der Waals surface area contributed by atoms with Crippen LogP contribution in [-0.4, -0.2) is 14.3 Å². The van der Waals surface area contributed by atoms with Gasteiger partial charge in [-0.15, -0.1) is 0 Å². The molecule has 0 bridgehead atoms. The predicted octanol–water partition coefficient (Wildman–Crippen LogP) is 6.17. The van der Waals surface area contributed by atoms with E-state index in [0.717, 1.165) is 18.2 Å². The minimum atomic E-state index is -4.57. The van der Waals surface area contributed by atoms with E-state index in [1.54, 1.807) is 0 Å². The topological polar surface area (TPSA) is 75.3 Å². The molecule has 11 heteroatoms. The van der Waals surface area contributed by atoms with Crippen LogP contribution in [0, 0.1) is 0 Å². The number of rotatable bonds is 5. The van der Waals surface area contributed by atoms with Crippen LogP contribution in [0.3, 0.4) is 0 Å². The highest BCUT2D eigenvalue weighted by atomic mass is 79.9. The summed E-state index contributed by atoms with van der Waals surface area (Å²) < 4.78 is 66.9.